The first kappa shape index (κ1) is 20.3. The maximum atomic E-state index is 10.6. The van der Waals surface area contributed by atoms with Gasteiger partial charge in [-0.1, -0.05) is 60.7 Å². The molecule has 27 heavy (non-hydrogen) atoms. The van der Waals surface area contributed by atoms with Crippen LogP contribution >= 0.6 is 0 Å². The molecule has 1 unspecified atom stereocenters. The van der Waals surface area contributed by atoms with Crippen molar-refractivity contribution in [3.05, 3.63) is 83.3 Å². The van der Waals surface area contributed by atoms with Crippen molar-refractivity contribution in [2.24, 2.45) is 0 Å². The molecule has 6 nitrogen and oxygen atoms in total. The van der Waals surface area contributed by atoms with Crippen molar-refractivity contribution in [3.63, 3.8) is 0 Å². The van der Waals surface area contributed by atoms with Crippen LogP contribution in [0.3, 0.4) is 0 Å². The number of rotatable bonds is 2. The van der Waals surface area contributed by atoms with Gasteiger partial charge < -0.3 is 15.5 Å². The molecule has 1 atom stereocenters. The Morgan fingerprint density at radius 2 is 1.63 bits per heavy atom. The van der Waals surface area contributed by atoms with E-state index in [2.05, 4.69) is 10.3 Å². The Kier molecular flexibility index (Phi) is 6.80. The number of pyridine rings is 1. The molecule has 0 aliphatic carbocycles. The van der Waals surface area contributed by atoms with Gasteiger partial charge in [-0.05, 0) is 17.7 Å². The summed E-state index contributed by atoms with van der Waals surface area (Å²) in [5, 5.41) is 22.4. The van der Waals surface area contributed by atoms with Crippen LogP contribution in [0.5, 0.6) is 0 Å². The van der Waals surface area contributed by atoms with Crippen LogP contribution in [0.4, 0.5) is 5.69 Å². The number of para-hydroxylation sites is 2. The molecule has 132 valence electrons. The summed E-state index contributed by atoms with van der Waals surface area (Å²) in [7, 11) is 0. The Morgan fingerprint density at radius 3 is 2.37 bits per heavy atom. The van der Waals surface area contributed by atoms with Gasteiger partial charge in [-0.15, -0.1) is 5.69 Å². The van der Waals surface area contributed by atoms with Crippen LogP contribution in [-0.2, 0) is 24.3 Å². The summed E-state index contributed by atoms with van der Waals surface area (Å²) in [6.07, 6.45) is 3.38. The van der Waals surface area contributed by atoms with Crippen molar-refractivity contribution in [3.8, 4) is 0 Å². The molecule has 1 aromatic heterocycles. The number of carbonyl (C=O) groups is 2. The van der Waals surface area contributed by atoms with Crippen LogP contribution in [-0.4, -0.2) is 33.2 Å². The molecule has 0 radical (unpaired) electrons. The van der Waals surface area contributed by atoms with Gasteiger partial charge in [-0.3, -0.25) is 4.79 Å². The molecule has 1 aliphatic heterocycles. The van der Waals surface area contributed by atoms with Gasteiger partial charge in [0.1, 0.15) is 5.69 Å². The Balaban J connectivity index is 0.000000187. The fourth-order valence-corrected chi connectivity index (χ4v) is 2.46. The van der Waals surface area contributed by atoms with Gasteiger partial charge in [0.05, 0.1) is 5.52 Å². The molecule has 2 N–H and O–H groups in total. The molecule has 0 saturated heterocycles. The first-order valence-corrected chi connectivity index (χ1v) is 7.84. The second kappa shape index (κ2) is 9.05. The number of carboxylic acid groups (broad SMARTS) is 2. The summed E-state index contributed by atoms with van der Waals surface area (Å²) >= 11 is 0. The first-order valence-electron chi connectivity index (χ1n) is 7.84. The Morgan fingerprint density at radius 1 is 0.926 bits per heavy atom. The summed E-state index contributed by atoms with van der Waals surface area (Å²) in [6, 6.07) is 17.4. The van der Waals surface area contributed by atoms with Crippen LogP contribution in [0, 0.1) is 0 Å². The first-order chi connectivity index (χ1) is 12.5. The van der Waals surface area contributed by atoms with Crippen molar-refractivity contribution in [2.45, 2.75) is 6.04 Å². The van der Waals surface area contributed by atoms with Crippen LogP contribution < -0.4 is 0 Å². The predicted octanol–water partition coefficient (Wildman–Crippen LogP) is 4.10. The molecule has 1 aliphatic rings. The molecule has 0 amide bonds. The number of nitrogens with zero attached hydrogens (tertiary/aromatic N) is 2. The average Bonchev–Trinajstić information content (AvgIpc) is 2.67. The van der Waals surface area contributed by atoms with Crippen molar-refractivity contribution in [1.82, 2.24) is 4.98 Å². The quantitative estimate of drug-likeness (QED) is 0.617. The number of hydrogen-bond donors (Lipinski definition) is 2. The molecule has 0 bridgehead atoms. The fraction of sp³-hybridized carbons (Fsp3) is 0.0500. The third kappa shape index (κ3) is 4.99. The molecule has 2 heterocycles. The van der Waals surface area contributed by atoms with Crippen LogP contribution in [0.1, 0.15) is 16.1 Å². The third-order valence-electron chi connectivity index (χ3n) is 3.74. The van der Waals surface area contributed by atoms with Gasteiger partial charge in [0, 0.05) is 30.9 Å². The van der Waals surface area contributed by atoms with E-state index in [0.29, 0.717) is 5.52 Å². The molecule has 0 fully saturated rings. The van der Waals surface area contributed by atoms with E-state index < -0.39 is 18.0 Å². The SMILES string of the molecule is O=C(O)C1C=Cc2ccccc2[N-]1.O=C(O)c1ccc2ccccc2n1.[Zn]. The molecular weight excluding hydrogens is 398 g/mol. The maximum absolute atomic E-state index is 10.6. The van der Waals surface area contributed by atoms with Crippen LogP contribution in [0.25, 0.3) is 22.3 Å². The minimum Gasteiger partial charge on any atom is -0.669 e. The average molecular weight is 413 g/mol. The molecule has 2 aromatic carbocycles. The normalized spacial score (nSPS) is 14.0. The molecule has 0 saturated carbocycles. The second-order valence-electron chi connectivity index (χ2n) is 5.52. The van der Waals surface area contributed by atoms with E-state index in [4.69, 9.17) is 10.2 Å². The summed E-state index contributed by atoms with van der Waals surface area (Å²) < 4.78 is 0. The third-order valence-corrected chi connectivity index (χ3v) is 3.74. The number of aromatic carboxylic acids is 1. The van der Waals surface area contributed by atoms with Crippen molar-refractivity contribution < 1.29 is 39.3 Å². The van der Waals surface area contributed by atoms with Crippen LogP contribution in [0.15, 0.2) is 66.7 Å². The van der Waals surface area contributed by atoms with Crippen molar-refractivity contribution in [2.75, 3.05) is 0 Å². The molecular formula is C20H15N2O4Zn-. The van der Waals surface area contributed by atoms with Gasteiger partial charge in [0.15, 0.2) is 0 Å². The Hall–Kier alpha value is -3.05. The summed E-state index contributed by atoms with van der Waals surface area (Å²) in [6.45, 7) is 0. The number of fused-ring (bicyclic) bond motifs is 2. The smallest absolute Gasteiger partial charge is 0.354 e. The summed E-state index contributed by atoms with van der Waals surface area (Å²) in [4.78, 5) is 25.2. The second-order valence-corrected chi connectivity index (χ2v) is 5.52. The van der Waals surface area contributed by atoms with E-state index >= 15 is 0 Å². The molecule has 7 heteroatoms. The zero-order valence-electron chi connectivity index (χ0n) is 14.3. The van der Waals surface area contributed by atoms with E-state index in [1.165, 1.54) is 6.07 Å². The monoisotopic (exact) mass is 411 g/mol. The van der Waals surface area contributed by atoms with E-state index in [1.807, 2.05) is 42.5 Å². The molecule has 3 aromatic rings. The number of benzene rings is 2. The largest absolute Gasteiger partial charge is 0.669 e. The number of aromatic nitrogens is 1. The zero-order chi connectivity index (χ0) is 18.5. The van der Waals surface area contributed by atoms with Gasteiger partial charge in [-0.25, -0.2) is 9.78 Å². The zero-order valence-corrected chi connectivity index (χ0v) is 17.3. The van der Waals surface area contributed by atoms with E-state index in [1.54, 1.807) is 24.3 Å². The minimum absolute atomic E-state index is 0. The van der Waals surface area contributed by atoms with E-state index in [0.717, 1.165) is 16.6 Å². The molecule has 0 spiro atoms. The fourth-order valence-electron chi connectivity index (χ4n) is 2.46. The maximum Gasteiger partial charge on any atom is 0.354 e. The number of aliphatic carboxylic acids is 1. The van der Waals surface area contributed by atoms with Gasteiger partial charge in [-0.2, -0.15) is 0 Å². The Bertz CT molecular complexity index is 1000. The molecule has 4 rings (SSSR count). The van der Waals surface area contributed by atoms with Gasteiger partial charge >= 0.3 is 5.97 Å². The Labute approximate surface area is 168 Å². The number of hydrogen-bond acceptors (Lipinski definition) is 3. The van der Waals surface area contributed by atoms with Crippen molar-refractivity contribution in [1.29, 1.82) is 0 Å². The minimum atomic E-state index is -0.995. The van der Waals surface area contributed by atoms with Crippen molar-refractivity contribution >= 4 is 34.6 Å². The van der Waals surface area contributed by atoms with Gasteiger partial charge in [0.25, 0.3) is 5.97 Å². The predicted molar refractivity (Wildman–Crippen MR) is 98.6 cm³/mol. The number of carboxylic acids is 2. The standard InChI is InChI=1S/C10H8NO2.C10H7NO2.Zn/c2*12-10(13)9-6-5-7-3-1-2-4-8(7)11-9;/h1-6,9H,(H,12,13);1-6H,(H,12,13);/q-1;;. The van der Waals surface area contributed by atoms with E-state index in [-0.39, 0.29) is 25.2 Å². The van der Waals surface area contributed by atoms with Gasteiger partial charge in [0.2, 0.25) is 0 Å². The topological polar surface area (TPSA) is 102 Å². The van der Waals surface area contributed by atoms with Crippen LogP contribution in [0.2, 0.25) is 0 Å². The summed E-state index contributed by atoms with van der Waals surface area (Å²) in [5.41, 5.74) is 2.51. The summed E-state index contributed by atoms with van der Waals surface area (Å²) in [5.74, 6) is -1.91. The van der Waals surface area contributed by atoms with E-state index in [9.17, 15) is 9.59 Å².